The third-order valence-electron chi connectivity index (χ3n) is 3.46. The molecule has 0 spiro atoms. The molecule has 2 atom stereocenters. The van der Waals surface area contributed by atoms with Crippen LogP contribution in [0.25, 0.3) is 0 Å². The van der Waals surface area contributed by atoms with E-state index in [0.29, 0.717) is 5.92 Å². The van der Waals surface area contributed by atoms with Crippen LogP contribution in [-0.4, -0.2) is 18.3 Å². The summed E-state index contributed by atoms with van der Waals surface area (Å²) < 4.78 is 11.1. The van der Waals surface area contributed by atoms with Gasteiger partial charge in [0.2, 0.25) is 0 Å². The molecule has 1 aliphatic carbocycles. The average molecular weight is 220 g/mol. The maximum absolute atomic E-state index is 10.1. The Kier molecular flexibility index (Phi) is 2.28. The van der Waals surface area contributed by atoms with E-state index in [2.05, 4.69) is 0 Å². The van der Waals surface area contributed by atoms with Crippen molar-refractivity contribution < 1.29 is 14.6 Å². The summed E-state index contributed by atoms with van der Waals surface area (Å²) in [5.74, 6) is 2.21. The quantitative estimate of drug-likeness (QED) is 0.831. The van der Waals surface area contributed by atoms with Crippen molar-refractivity contribution in [2.75, 3.05) is 7.11 Å². The topological polar surface area (TPSA) is 38.7 Å². The molecule has 0 amide bonds. The van der Waals surface area contributed by atoms with Crippen molar-refractivity contribution in [1.29, 1.82) is 0 Å². The maximum Gasteiger partial charge on any atom is 0.129 e. The Bertz CT molecular complexity index is 398. The molecular weight excluding hydrogens is 204 g/mol. The first-order chi connectivity index (χ1) is 7.78. The Labute approximate surface area is 95.0 Å². The van der Waals surface area contributed by atoms with Gasteiger partial charge in [-0.1, -0.05) is 0 Å². The smallest absolute Gasteiger partial charge is 0.129 e. The number of aliphatic hydroxyl groups is 1. The summed E-state index contributed by atoms with van der Waals surface area (Å²) in [5.41, 5.74) is 0.887. The number of hydrogen-bond acceptors (Lipinski definition) is 3. The number of ether oxygens (including phenoxy) is 2. The van der Waals surface area contributed by atoms with Gasteiger partial charge in [-0.15, -0.1) is 0 Å². The zero-order valence-electron chi connectivity index (χ0n) is 9.35. The molecule has 0 bridgehead atoms. The third kappa shape index (κ3) is 1.65. The van der Waals surface area contributed by atoms with Crippen LogP contribution in [0, 0.1) is 5.92 Å². The number of rotatable bonds is 2. The molecule has 0 radical (unpaired) electrons. The van der Waals surface area contributed by atoms with Crippen molar-refractivity contribution in [3.05, 3.63) is 23.8 Å². The van der Waals surface area contributed by atoms with Gasteiger partial charge in [-0.2, -0.15) is 0 Å². The molecule has 1 unspecified atom stereocenters. The van der Waals surface area contributed by atoms with E-state index in [1.807, 2.05) is 18.2 Å². The largest absolute Gasteiger partial charge is 0.497 e. The van der Waals surface area contributed by atoms with Gasteiger partial charge in [0.15, 0.2) is 0 Å². The van der Waals surface area contributed by atoms with Gasteiger partial charge in [-0.3, -0.25) is 0 Å². The monoisotopic (exact) mass is 220 g/mol. The van der Waals surface area contributed by atoms with Crippen molar-refractivity contribution in [3.63, 3.8) is 0 Å². The Morgan fingerprint density at radius 1 is 1.38 bits per heavy atom. The lowest BCUT2D eigenvalue weighted by Gasteiger charge is -2.29. The molecule has 1 aromatic rings. The predicted molar refractivity (Wildman–Crippen MR) is 59.7 cm³/mol. The fourth-order valence-corrected chi connectivity index (χ4v) is 2.33. The standard InChI is InChI=1S/C13H16O3/c1-15-9-4-5-10-11(14)7-12(8-2-3-8)16-13(10)6-9/h4-6,8,11-12,14H,2-3,7H2,1H3/t11-,12?/m0/s1. The van der Waals surface area contributed by atoms with E-state index in [-0.39, 0.29) is 12.2 Å². The Hall–Kier alpha value is -1.22. The molecule has 16 heavy (non-hydrogen) atoms. The highest BCUT2D eigenvalue weighted by Gasteiger charge is 2.38. The normalized spacial score (nSPS) is 28.1. The zero-order chi connectivity index (χ0) is 11.1. The number of fused-ring (bicyclic) bond motifs is 1. The second-order valence-electron chi connectivity index (χ2n) is 4.65. The van der Waals surface area contributed by atoms with E-state index < -0.39 is 0 Å². The summed E-state index contributed by atoms with van der Waals surface area (Å²) in [6.45, 7) is 0. The molecular formula is C13H16O3. The summed E-state index contributed by atoms with van der Waals surface area (Å²) in [5, 5.41) is 10.1. The molecule has 3 nitrogen and oxygen atoms in total. The zero-order valence-corrected chi connectivity index (χ0v) is 9.35. The van der Waals surface area contributed by atoms with E-state index in [1.54, 1.807) is 7.11 Å². The number of hydrogen-bond donors (Lipinski definition) is 1. The van der Waals surface area contributed by atoms with Crippen molar-refractivity contribution in [3.8, 4) is 11.5 Å². The van der Waals surface area contributed by atoms with Crippen LogP contribution in [0.3, 0.4) is 0 Å². The van der Waals surface area contributed by atoms with Crippen molar-refractivity contribution in [2.24, 2.45) is 5.92 Å². The third-order valence-corrected chi connectivity index (χ3v) is 3.46. The van der Waals surface area contributed by atoms with Crippen LogP contribution in [-0.2, 0) is 0 Å². The molecule has 3 heteroatoms. The molecule has 1 heterocycles. The lowest BCUT2D eigenvalue weighted by atomic mass is 9.97. The molecule has 3 rings (SSSR count). The van der Waals surface area contributed by atoms with Gasteiger partial charge in [0.05, 0.1) is 13.2 Å². The highest BCUT2D eigenvalue weighted by molar-refractivity contribution is 5.43. The van der Waals surface area contributed by atoms with Crippen molar-refractivity contribution in [1.82, 2.24) is 0 Å². The van der Waals surface area contributed by atoms with Gasteiger partial charge in [0.1, 0.15) is 17.6 Å². The minimum atomic E-state index is -0.389. The number of benzene rings is 1. The molecule has 0 saturated heterocycles. The molecule has 1 aromatic carbocycles. The predicted octanol–water partition coefficient (Wildman–Crippen LogP) is 2.29. The summed E-state index contributed by atoms with van der Waals surface area (Å²) in [4.78, 5) is 0. The lowest BCUT2D eigenvalue weighted by molar-refractivity contribution is 0.0548. The Morgan fingerprint density at radius 3 is 2.88 bits per heavy atom. The fraction of sp³-hybridized carbons (Fsp3) is 0.538. The van der Waals surface area contributed by atoms with Gasteiger partial charge in [-0.25, -0.2) is 0 Å². The van der Waals surface area contributed by atoms with E-state index in [9.17, 15) is 5.11 Å². The Morgan fingerprint density at radius 2 is 2.19 bits per heavy atom. The SMILES string of the molecule is COc1ccc2c(c1)OC(C1CC1)C[C@@H]2O. The van der Waals surface area contributed by atoms with Crippen LogP contribution < -0.4 is 9.47 Å². The van der Waals surface area contributed by atoms with E-state index in [1.165, 1.54) is 12.8 Å². The summed E-state index contributed by atoms with van der Waals surface area (Å²) in [6.07, 6.45) is 2.99. The minimum Gasteiger partial charge on any atom is -0.497 e. The van der Waals surface area contributed by atoms with Gasteiger partial charge < -0.3 is 14.6 Å². The van der Waals surface area contributed by atoms with Gasteiger partial charge in [-0.05, 0) is 30.9 Å². The Balaban J connectivity index is 1.91. The number of aliphatic hydroxyl groups excluding tert-OH is 1. The summed E-state index contributed by atoms with van der Waals surface area (Å²) in [7, 11) is 1.64. The van der Waals surface area contributed by atoms with Gasteiger partial charge in [0, 0.05) is 18.1 Å². The van der Waals surface area contributed by atoms with Crippen molar-refractivity contribution >= 4 is 0 Å². The van der Waals surface area contributed by atoms with Gasteiger partial charge in [0.25, 0.3) is 0 Å². The first kappa shape index (κ1) is 9.97. The highest BCUT2D eigenvalue weighted by Crippen LogP contribution is 2.44. The highest BCUT2D eigenvalue weighted by atomic mass is 16.5. The first-order valence-electron chi connectivity index (χ1n) is 5.80. The average Bonchev–Trinajstić information content (AvgIpc) is 3.12. The van der Waals surface area contributed by atoms with Gasteiger partial charge >= 0.3 is 0 Å². The molecule has 1 fully saturated rings. The van der Waals surface area contributed by atoms with Crippen LogP contribution in [0.5, 0.6) is 11.5 Å². The molecule has 2 aliphatic rings. The van der Waals surface area contributed by atoms with E-state index >= 15 is 0 Å². The van der Waals surface area contributed by atoms with E-state index in [0.717, 1.165) is 23.5 Å². The van der Waals surface area contributed by atoms with Crippen LogP contribution in [0.1, 0.15) is 30.9 Å². The number of methoxy groups -OCH3 is 1. The lowest BCUT2D eigenvalue weighted by Crippen LogP contribution is -2.27. The summed E-state index contributed by atoms with van der Waals surface area (Å²) >= 11 is 0. The second-order valence-corrected chi connectivity index (χ2v) is 4.65. The molecule has 1 aliphatic heterocycles. The minimum absolute atomic E-state index is 0.189. The maximum atomic E-state index is 10.1. The van der Waals surface area contributed by atoms with Crippen molar-refractivity contribution in [2.45, 2.75) is 31.5 Å². The summed E-state index contributed by atoms with van der Waals surface area (Å²) in [6, 6.07) is 5.62. The molecule has 86 valence electrons. The first-order valence-corrected chi connectivity index (χ1v) is 5.80. The molecule has 1 N–H and O–H groups in total. The van der Waals surface area contributed by atoms with Crippen LogP contribution in [0.4, 0.5) is 0 Å². The van der Waals surface area contributed by atoms with Crippen LogP contribution >= 0.6 is 0 Å². The second kappa shape index (κ2) is 3.67. The van der Waals surface area contributed by atoms with E-state index in [4.69, 9.17) is 9.47 Å². The fourth-order valence-electron chi connectivity index (χ4n) is 2.33. The molecule has 0 aromatic heterocycles. The molecule has 1 saturated carbocycles. The van der Waals surface area contributed by atoms with Crippen LogP contribution in [0.2, 0.25) is 0 Å². The van der Waals surface area contributed by atoms with Crippen LogP contribution in [0.15, 0.2) is 18.2 Å².